The molecule has 0 bridgehead atoms. The zero-order valence-electron chi connectivity index (χ0n) is 10.8. The minimum atomic E-state index is -0.407. The molecule has 2 rings (SSSR count). The summed E-state index contributed by atoms with van der Waals surface area (Å²) in [4.78, 5) is 2.30. The summed E-state index contributed by atoms with van der Waals surface area (Å²) in [7, 11) is 0. The minimum absolute atomic E-state index is 0.128. The number of halogens is 1. The molecule has 1 fully saturated rings. The van der Waals surface area contributed by atoms with Gasteiger partial charge in [-0.2, -0.15) is 5.26 Å². The quantitative estimate of drug-likeness (QED) is 0.809. The molecule has 18 heavy (non-hydrogen) atoms. The van der Waals surface area contributed by atoms with Crippen molar-refractivity contribution in [3.8, 4) is 6.07 Å². The molecule has 3 heteroatoms. The van der Waals surface area contributed by atoms with E-state index in [0.29, 0.717) is 6.04 Å². The van der Waals surface area contributed by atoms with Gasteiger partial charge in [-0.25, -0.2) is 4.39 Å². The molecular weight excluding hydrogens is 227 g/mol. The smallest absolute Gasteiger partial charge is 0.143 e. The molecule has 96 valence electrons. The third-order valence-electron chi connectivity index (χ3n) is 3.65. The van der Waals surface area contributed by atoms with Gasteiger partial charge in [-0.1, -0.05) is 13.3 Å². The van der Waals surface area contributed by atoms with Crippen molar-refractivity contribution >= 4 is 5.69 Å². The van der Waals surface area contributed by atoms with Crippen LogP contribution >= 0.6 is 0 Å². The maximum atomic E-state index is 13.7. The van der Waals surface area contributed by atoms with Crippen molar-refractivity contribution in [2.45, 2.75) is 45.1 Å². The summed E-state index contributed by atoms with van der Waals surface area (Å²) in [5.74, 6) is -0.407. The van der Waals surface area contributed by atoms with E-state index in [1.807, 2.05) is 12.1 Å². The number of hydrogen-bond acceptors (Lipinski definition) is 2. The molecule has 1 heterocycles. The predicted molar refractivity (Wildman–Crippen MR) is 71.0 cm³/mol. The average Bonchev–Trinajstić information content (AvgIpc) is 2.40. The van der Waals surface area contributed by atoms with Gasteiger partial charge in [-0.3, -0.25) is 0 Å². The van der Waals surface area contributed by atoms with Gasteiger partial charge in [0.05, 0.1) is 5.56 Å². The zero-order chi connectivity index (χ0) is 13.0. The summed E-state index contributed by atoms with van der Waals surface area (Å²) >= 11 is 0. The standard InChI is InChI=1S/C15H19FN2/c1-2-5-13-6-3-4-9-18(13)14-8-7-12(11-17)15(16)10-14/h7-8,10,13H,2-6,9H2,1H3. The van der Waals surface area contributed by atoms with Gasteiger partial charge >= 0.3 is 0 Å². The highest BCUT2D eigenvalue weighted by Crippen LogP contribution is 2.28. The fourth-order valence-corrected chi connectivity index (χ4v) is 2.75. The fourth-order valence-electron chi connectivity index (χ4n) is 2.75. The van der Waals surface area contributed by atoms with E-state index in [2.05, 4.69) is 11.8 Å². The number of benzene rings is 1. The molecule has 0 amide bonds. The van der Waals surface area contributed by atoms with Gasteiger partial charge in [0, 0.05) is 18.3 Å². The Morgan fingerprint density at radius 1 is 1.44 bits per heavy atom. The molecule has 0 saturated carbocycles. The number of nitrogens with zero attached hydrogens (tertiary/aromatic N) is 2. The monoisotopic (exact) mass is 246 g/mol. The summed E-state index contributed by atoms with van der Waals surface area (Å²) in [6.07, 6.45) is 5.93. The lowest BCUT2D eigenvalue weighted by Gasteiger charge is -2.37. The van der Waals surface area contributed by atoms with Crippen molar-refractivity contribution in [2.75, 3.05) is 11.4 Å². The van der Waals surface area contributed by atoms with E-state index >= 15 is 0 Å². The first-order valence-electron chi connectivity index (χ1n) is 6.72. The maximum Gasteiger partial charge on any atom is 0.143 e. The summed E-state index contributed by atoms with van der Waals surface area (Å²) < 4.78 is 13.7. The third kappa shape index (κ3) is 2.64. The summed E-state index contributed by atoms with van der Waals surface area (Å²) in [5, 5.41) is 8.75. The topological polar surface area (TPSA) is 27.0 Å². The third-order valence-corrected chi connectivity index (χ3v) is 3.65. The van der Waals surface area contributed by atoms with Crippen LogP contribution in [0.15, 0.2) is 18.2 Å². The minimum Gasteiger partial charge on any atom is -0.368 e. The van der Waals surface area contributed by atoms with E-state index in [-0.39, 0.29) is 5.56 Å². The van der Waals surface area contributed by atoms with E-state index in [4.69, 9.17) is 5.26 Å². The number of anilines is 1. The van der Waals surface area contributed by atoms with Crippen molar-refractivity contribution < 1.29 is 4.39 Å². The van der Waals surface area contributed by atoms with Crippen LogP contribution in [0.1, 0.15) is 44.6 Å². The van der Waals surface area contributed by atoms with E-state index in [1.165, 1.54) is 25.3 Å². The summed E-state index contributed by atoms with van der Waals surface area (Å²) in [6, 6.07) is 7.36. The Morgan fingerprint density at radius 3 is 2.94 bits per heavy atom. The van der Waals surface area contributed by atoms with Crippen LogP contribution in [0.4, 0.5) is 10.1 Å². The van der Waals surface area contributed by atoms with Gasteiger partial charge in [0.1, 0.15) is 11.9 Å². The van der Waals surface area contributed by atoms with Gasteiger partial charge in [0.15, 0.2) is 0 Å². The molecule has 1 atom stereocenters. The molecule has 1 aromatic carbocycles. The Bertz CT molecular complexity index is 448. The second-order valence-electron chi connectivity index (χ2n) is 4.91. The van der Waals surface area contributed by atoms with E-state index in [0.717, 1.165) is 25.1 Å². The van der Waals surface area contributed by atoms with Crippen LogP contribution in [0.5, 0.6) is 0 Å². The summed E-state index contributed by atoms with van der Waals surface area (Å²) in [5.41, 5.74) is 1.05. The predicted octanol–water partition coefficient (Wildman–Crippen LogP) is 3.86. The van der Waals surface area contributed by atoms with Gasteiger partial charge in [-0.05, 0) is 43.9 Å². The van der Waals surface area contributed by atoms with Crippen molar-refractivity contribution in [3.05, 3.63) is 29.6 Å². The van der Waals surface area contributed by atoms with Gasteiger partial charge in [0.25, 0.3) is 0 Å². The van der Waals surface area contributed by atoms with Crippen molar-refractivity contribution in [2.24, 2.45) is 0 Å². The van der Waals surface area contributed by atoms with Crippen molar-refractivity contribution in [1.82, 2.24) is 0 Å². The lowest BCUT2D eigenvalue weighted by atomic mass is 9.97. The largest absolute Gasteiger partial charge is 0.368 e. The Labute approximate surface area is 108 Å². The van der Waals surface area contributed by atoms with Crippen LogP contribution in [-0.4, -0.2) is 12.6 Å². The van der Waals surface area contributed by atoms with E-state index in [1.54, 1.807) is 6.07 Å². The first-order valence-corrected chi connectivity index (χ1v) is 6.72. The van der Waals surface area contributed by atoms with Crippen LogP contribution in [0.25, 0.3) is 0 Å². The Hall–Kier alpha value is -1.56. The number of piperidine rings is 1. The first-order chi connectivity index (χ1) is 8.76. The lowest BCUT2D eigenvalue weighted by molar-refractivity contribution is 0.434. The van der Waals surface area contributed by atoms with Crippen molar-refractivity contribution in [1.29, 1.82) is 5.26 Å². The maximum absolute atomic E-state index is 13.7. The molecular formula is C15H19FN2. The Balaban J connectivity index is 2.23. The Kier molecular flexibility index (Phi) is 4.19. The number of nitriles is 1. The number of hydrogen-bond donors (Lipinski definition) is 0. The van der Waals surface area contributed by atoms with E-state index in [9.17, 15) is 4.39 Å². The molecule has 1 unspecified atom stereocenters. The zero-order valence-corrected chi connectivity index (χ0v) is 10.8. The van der Waals surface area contributed by atoms with Crippen LogP contribution in [0.2, 0.25) is 0 Å². The van der Waals surface area contributed by atoms with E-state index < -0.39 is 5.82 Å². The molecule has 1 aliphatic heterocycles. The molecule has 0 N–H and O–H groups in total. The molecule has 2 nitrogen and oxygen atoms in total. The first kappa shape index (κ1) is 12.9. The van der Waals surface area contributed by atoms with Crippen molar-refractivity contribution in [3.63, 3.8) is 0 Å². The van der Waals surface area contributed by atoms with Crippen LogP contribution in [-0.2, 0) is 0 Å². The molecule has 0 aromatic heterocycles. The fraction of sp³-hybridized carbons (Fsp3) is 0.533. The second kappa shape index (κ2) is 5.86. The second-order valence-corrected chi connectivity index (χ2v) is 4.91. The highest BCUT2D eigenvalue weighted by molar-refractivity contribution is 5.51. The van der Waals surface area contributed by atoms with Crippen LogP contribution in [0, 0.1) is 17.1 Å². The normalized spacial score (nSPS) is 19.6. The number of rotatable bonds is 3. The average molecular weight is 246 g/mol. The van der Waals surface area contributed by atoms with Crippen LogP contribution < -0.4 is 4.90 Å². The molecule has 0 radical (unpaired) electrons. The molecule has 0 spiro atoms. The highest BCUT2D eigenvalue weighted by atomic mass is 19.1. The molecule has 0 aliphatic carbocycles. The molecule has 1 aliphatic rings. The van der Waals surface area contributed by atoms with Gasteiger partial charge in [-0.15, -0.1) is 0 Å². The van der Waals surface area contributed by atoms with Gasteiger partial charge < -0.3 is 4.90 Å². The molecule has 1 saturated heterocycles. The Morgan fingerprint density at radius 2 is 2.28 bits per heavy atom. The highest BCUT2D eigenvalue weighted by Gasteiger charge is 2.22. The van der Waals surface area contributed by atoms with Crippen LogP contribution in [0.3, 0.4) is 0 Å². The molecule has 1 aromatic rings. The lowest BCUT2D eigenvalue weighted by Crippen LogP contribution is -2.39. The summed E-state index contributed by atoms with van der Waals surface area (Å²) in [6.45, 7) is 3.18. The SMILES string of the molecule is CCCC1CCCCN1c1ccc(C#N)c(F)c1. The van der Waals surface area contributed by atoms with Gasteiger partial charge in [0.2, 0.25) is 0 Å².